The van der Waals surface area contributed by atoms with Crippen LogP contribution in [0.5, 0.6) is 11.5 Å². The number of nitrogens with one attached hydrogen (secondary N) is 2. The molecule has 11 nitrogen and oxygen atoms in total. The number of urea groups is 1. The molecular weight excluding hydrogens is 372 g/mol. The normalized spacial score (nSPS) is 10.1. The van der Waals surface area contributed by atoms with E-state index in [1.807, 2.05) is 6.07 Å². The van der Waals surface area contributed by atoms with Gasteiger partial charge in [-0.1, -0.05) is 6.07 Å². The molecule has 28 heavy (non-hydrogen) atoms. The van der Waals surface area contributed by atoms with Crippen LogP contribution < -0.4 is 20.1 Å². The molecule has 2 amide bonds. The van der Waals surface area contributed by atoms with E-state index in [1.165, 1.54) is 14.2 Å². The van der Waals surface area contributed by atoms with Crippen LogP contribution >= 0.6 is 0 Å². The molecule has 0 aromatic heterocycles. The Hall–Kier alpha value is -3.89. The molecule has 0 unspecified atom stereocenters. The Bertz CT molecular complexity index is 901. The van der Waals surface area contributed by atoms with Gasteiger partial charge in [0.15, 0.2) is 11.5 Å². The van der Waals surface area contributed by atoms with Gasteiger partial charge < -0.3 is 20.1 Å². The Morgan fingerprint density at radius 2 is 1.71 bits per heavy atom. The minimum atomic E-state index is -0.799. The van der Waals surface area contributed by atoms with Gasteiger partial charge in [-0.3, -0.25) is 20.2 Å². The van der Waals surface area contributed by atoms with Crippen LogP contribution in [0.15, 0.2) is 36.4 Å². The largest absolute Gasteiger partial charge is 0.493 e. The zero-order valence-electron chi connectivity index (χ0n) is 15.1. The Morgan fingerprint density at radius 1 is 1.00 bits per heavy atom. The lowest BCUT2D eigenvalue weighted by atomic mass is 10.1. The van der Waals surface area contributed by atoms with Crippen molar-refractivity contribution in [3.63, 3.8) is 0 Å². The second kappa shape index (κ2) is 9.16. The molecule has 2 rings (SSSR count). The van der Waals surface area contributed by atoms with Gasteiger partial charge >= 0.3 is 6.03 Å². The van der Waals surface area contributed by atoms with Gasteiger partial charge in [0.1, 0.15) is 5.69 Å². The topological polar surface area (TPSA) is 146 Å². The molecule has 148 valence electrons. The predicted octanol–water partition coefficient (Wildman–Crippen LogP) is 2.88. The highest BCUT2D eigenvalue weighted by molar-refractivity contribution is 5.92. The van der Waals surface area contributed by atoms with Gasteiger partial charge in [0.25, 0.3) is 11.4 Å². The van der Waals surface area contributed by atoms with Crippen LogP contribution in [0.3, 0.4) is 0 Å². The average molecular weight is 390 g/mol. The number of rotatable bonds is 8. The number of hydrogen-bond acceptors (Lipinski definition) is 7. The summed E-state index contributed by atoms with van der Waals surface area (Å²) in [6.07, 6.45) is 0.482. The molecule has 0 radical (unpaired) electrons. The summed E-state index contributed by atoms with van der Waals surface area (Å²) in [7, 11) is 3.05. The molecule has 0 saturated heterocycles. The fraction of sp³-hybridized carbons (Fsp3) is 0.235. The van der Waals surface area contributed by atoms with E-state index in [-0.39, 0.29) is 12.2 Å². The van der Waals surface area contributed by atoms with Crippen LogP contribution in [0.4, 0.5) is 21.9 Å². The third kappa shape index (κ3) is 5.06. The molecule has 0 aliphatic carbocycles. The van der Waals surface area contributed by atoms with E-state index in [9.17, 15) is 25.0 Å². The average Bonchev–Trinajstić information content (AvgIpc) is 2.67. The van der Waals surface area contributed by atoms with Crippen molar-refractivity contribution in [2.45, 2.75) is 6.42 Å². The highest BCUT2D eigenvalue weighted by atomic mass is 16.6. The lowest BCUT2D eigenvalue weighted by Crippen LogP contribution is -2.30. The smallest absolute Gasteiger partial charge is 0.319 e. The SMILES string of the molecule is COc1ccc(CCNC(=O)Nc2ccc([N+](=O)[O-])cc2[N+](=O)[O-])cc1OC. The second-order valence-electron chi connectivity index (χ2n) is 5.54. The highest BCUT2D eigenvalue weighted by Gasteiger charge is 2.20. The van der Waals surface area contributed by atoms with E-state index < -0.39 is 27.3 Å². The van der Waals surface area contributed by atoms with Gasteiger partial charge in [-0.2, -0.15) is 0 Å². The number of carbonyl (C=O) groups is 1. The Kier molecular flexibility index (Phi) is 6.68. The first-order valence-corrected chi connectivity index (χ1v) is 8.04. The van der Waals surface area contributed by atoms with Gasteiger partial charge in [0.2, 0.25) is 0 Å². The molecule has 0 saturated carbocycles. The summed E-state index contributed by atoms with van der Waals surface area (Å²) >= 11 is 0. The van der Waals surface area contributed by atoms with Crippen molar-refractivity contribution in [2.75, 3.05) is 26.1 Å². The number of methoxy groups -OCH3 is 2. The van der Waals surface area contributed by atoms with Crippen molar-refractivity contribution in [3.8, 4) is 11.5 Å². The summed E-state index contributed by atoms with van der Waals surface area (Å²) in [4.78, 5) is 32.3. The number of nitro groups is 2. The maximum Gasteiger partial charge on any atom is 0.319 e. The van der Waals surface area contributed by atoms with Crippen molar-refractivity contribution >= 4 is 23.1 Å². The van der Waals surface area contributed by atoms with E-state index in [4.69, 9.17) is 9.47 Å². The van der Waals surface area contributed by atoms with Gasteiger partial charge in [-0.25, -0.2) is 4.79 Å². The number of hydrogen-bond donors (Lipinski definition) is 2. The molecule has 2 aromatic rings. The van der Waals surface area contributed by atoms with E-state index in [0.717, 1.165) is 23.8 Å². The van der Waals surface area contributed by atoms with Crippen LogP contribution in [0.2, 0.25) is 0 Å². The van der Waals surface area contributed by atoms with E-state index >= 15 is 0 Å². The fourth-order valence-corrected chi connectivity index (χ4v) is 2.41. The van der Waals surface area contributed by atoms with Crippen LogP contribution in [0.1, 0.15) is 5.56 Å². The molecule has 0 aliphatic heterocycles. The minimum Gasteiger partial charge on any atom is -0.493 e. The molecule has 0 spiro atoms. The second-order valence-corrected chi connectivity index (χ2v) is 5.54. The first kappa shape index (κ1) is 20.4. The zero-order valence-corrected chi connectivity index (χ0v) is 15.1. The van der Waals surface area contributed by atoms with E-state index in [1.54, 1.807) is 12.1 Å². The summed E-state index contributed by atoms with van der Waals surface area (Å²) in [5.41, 5.74) is -0.256. The quantitative estimate of drug-likeness (QED) is 0.520. The molecule has 0 heterocycles. The van der Waals surface area contributed by atoms with Crippen molar-refractivity contribution in [1.82, 2.24) is 5.32 Å². The fourth-order valence-electron chi connectivity index (χ4n) is 2.41. The molecule has 0 bridgehead atoms. The molecule has 2 aromatic carbocycles. The lowest BCUT2D eigenvalue weighted by Gasteiger charge is -2.10. The van der Waals surface area contributed by atoms with Gasteiger partial charge in [-0.05, 0) is 30.2 Å². The number of benzene rings is 2. The summed E-state index contributed by atoms with van der Waals surface area (Å²) in [6, 6.07) is 7.66. The van der Waals surface area contributed by atoms with Gasteiger partial charge in [0.05, 0.1) is 30.1 Å². The van der Waals surface area contributed by atoms with Crippen molar-refractivity contribution in [2.24, 2.45) is 0 Å². The van der Waals surface area contributed by atoms with Crippen LogP contribution in [-0.4, -0.2) is 36.6 Å². The number of anilines is 1. The van der Waals surface area contributed by atoms with E-state index in [2.05, 4.69) is 10.6 Å². The number of amides is 2. The summed E-state index contributed by atoms with van der Waals surface area (Å²) in [5, 5.41) is 26.7. The molecular formula is C17H18N4O7. The number of nitrogens with zero attached hydrogens (tertiary/aromatic N) is 2. The summed E-state index contributed by atoms with van der Waals surface area (Å²) in [6.45, 7) is 0.252. The Balaban J connectivity index is 1.98. The van der Waals surface area contributed by atoms with Crippen molar-refractivity contribution in [1.29, 1.82) is 0 Å². The maximum atomic E-state index is 12.0. The first-order chi connectivity index (χ1) is 13.3. The Morgan fingerprint density at radius 3 is 2.32 bits per heavy atom. The third-order valence-electron chi connectivity index (χ3n) is 3.78. The first-order valence-electron chi connectivity index (χ1n) is 8.04. The number of ether oxygens (including phenoxy) is 2. The lowest BCUT2D eigenvalue weighted by molar-refractivity contribution is -0.393. The summed E-state index contributed by atoms with van der Waals surface area (Å²) < 4.78 is 10.4. The molecule has 0 aliphatic rings. The van der Waals surface area contributed by atoms with E-state index in [0.29, 0.717) is 17.9 Å². The van der Waals surface area contributed by atoms with Crippen LogP contribution in [0.25, 0.3) is 0 Å². The van der Waals surface area contributed by atoms with Gasteiger partial charge in [-0.15, -0.1) is 0 Å². The predicted molar refractivity (Wildman–Crippen MR) is 100 cm³/mol. The maximum absolute atomic E-state index is 12.0. The van der Waals surface area contributed by atoms with Crippen molar-refractivity contribution in [3.05, 3.63) is 62.2 Å². The summed E-state index contributed by atoms with van der Waals surface area (Å²) in [5.74, 6) is 1.15. The van der Waals surface area contributed by atoms with Gasteiger partial charge in [0, 0.05) is 12.6 Å². The highest BCUT2D eigenvalue weighted by Crippen LogP contribution is 2.29. The minimum absolute atomic E-state index is 0.140. The van der Waals surface area contributed by atoms with Crippen LogP contribution in [0, 0.1) is 20.2 Å². The molecule has 0 fully saturated rings. The van der Waals surface area contributed by atoms with Crippen molar-refractivity contribution < 1.29 is 24.1 Å². The third-order valence-corrected chi connectivity index (χ3v) is 3.78. The Labute approximate surface area is 159 Å². The zero-order chi connectivity index (χ0) is 20.7. The van der Waals surface area contributed by atoms with Crippen LogP contribution in [-0.2, 0) is 6.42 Å². The monoisotopic (exact) mass is 390 g/mol. The number of non-ortho nitro benzene ring substituents is 1. The molecule has 2 N–H and O–H groups in total. The molecule has 11 heteroatoms. The number of carbonyl (C=O) groups excluding carboxylic acids is 1. The standard InChI is InChI=1S/C17H18N4O7/c1-27-15-6-3-11(9-16(15)28-2)7-8-18-17(22)19-13-5-4-12(20(23)24)10-14(13)21(25)26/h3-6,9-10H,7-8H2,1-2H3,(H2,18,19,22). The number of nitro benzene ring substituents is 2. The molecule has 0 atom stereocenters.